The largest absolute Gasteiger partial charge is 0.747 e. The van der Waals surface area contributed by atoms with Gasteiger partial charge in [0.2, 0.25) is 0 Å². The lowest BCUT2D eigenvalue weighted by Gasteiger charge is -2.15. The van der Waals surface area contributed by atoms with Gasteiger partial charge in [0.25, 0.3) is 23.6 Å². The molecule has 0 N–H and O–H groups in total. The Morgan fingerprint density at radius 2 is 0.925 bits per heavy atom. The van der Waals surface area contributed by atoms with Crippen LogP contribution >= 0.6 is 0 Å². The third kappa shape index (κ3) is 8.75. The normalized spacial score (nSPS) is 19.6. The fraction of sp³-hybridized carbons (Fsp3) is 0.556. The zero-order valence-corrected chi connectivity index (χ0v) is 21.5. The summed E-state index contributed by atoms with van der Waals surface area (Å²) >= 11 is 0. The first kappa shape index (κ1) is 32.2. The fourth-order valence-corrected chi connectivity index (χ4v) is 4.35. The summed E-state index contributed by atoms with van der Waals surface area (Å²) in [5.74, 6) is -10.2. The second kappa shape index (κ2) is 12.9. The van der Waals surface area contributed by atoms with Crippen LogP contribution in [0.15, 0.2) is 0 Å². The topological polar surface area (TPSA) is 294 Å². The summed E-state index contributed by atoms with van der Waals surface area (Å²) < 4.78 is 74.9. The van der Waals surface area contributed by atoms with Gasteiger partial charge < -0.3 is 28.3 Å². The smallest absolute Gasteiger partial charge is 0.333 e. The molecule has 0 aromatic heterocycles. The van der Waals surface area contributed by atoms with Crippen molar-refractivity contribution in [1.82, 2.24) is 10.1 Å². The molecular formula is C18H18N2O18S2-2. The SMILES string of the molecule is O=C(CCC(=O)ON1C(=O)CC(S(=O)(=O)[O-])C1=O)OCCOC(=O)CCC(=O)ON1C(=O)CC(S(=O)(=O)[O-])C1=O. The monoisotopic (exact) mass is 614 g/mol. The predicted molar refractivity (Wildman–Crippen MR) is 112 cm³/mol. The highest BCUT2D eigenvalue weighted by atomic mass is 32.2. The van der Waals surface area contributed by atoms with Crippen molar-refractivity contribution < 1.29 is 83.4 Å². The zero-order chi connectivity index (χ0) is 30.4. The standard InChI is InChI=1S/C18H20N2O18S2/c21-11-7-9(39(29,30)31)17(27)19(11)37-15(25)3-1-13(23)35-5-6-36-14(24)2-4-16(26)38-20-12(22)8-10(18(20)28)40(32,33)34/h9-10H,1-8H2,(H,29,30,31)(H,32,33,34)/p-2. The summed E-state index contributed by atoms with van der Waals surface area (Å²) in [6, 6.07) is 0. The third-order valence-corrected chi connectivity index (χ3v) is 7.01. The van der Waals surface area contributed by atoms with Crippen LogP contribution in [0.4, 0.5) is 0 Å². The maximum Gasteiger partial charge on any atom is 0.333 e. The Balaban J connectivity index is 1.62. The number of imide groups is 2. The summed E-state index contributed by atoms with van der Waals surface area (Å²) in [7, 11) is -10.3. The van der Waals surface area contributed by atoms with E-state index < -0.39 is 130 Å². The van der Waals surface area contributed by atoms with Gasteiger partial charge in [0.05, 0.1) is 38.5 Å². The van der Waals surface area contributed by atoms with Crippen molar-refractivity contribution in [3.8, 4) is 0 Å². The Bertz CT molecular complexity index is 1230. The van der Waals surface area contributed by atoms with Gasteiger partial charge in [-0.1, -0.05) is 0 Å². The molecule has 4 amide bonds. The lowest BCUT2D eigenvalue weighted by Crippen LogP contribution is -2.36. The van der Waals surface area contributed by atoms with Gasteiger partial charge in [-0.05, 0) is 0 Å². The van der Waals surface area contributed by atoms with Gasteiger partial charge in [0.15, 0.2) is 0 Å². The average molecular weight is 614 g/mol. The Morgan fingerprint density at radius 3 is 1.20 bits per heavy atom. The molecule has 2 unspecified atom stereocenters. The molecule has 2 aliphatic rings. The van der Waals surface area contributed by atoms with Gasteiger partial charge in [-0.15, -0.1) is 10.1 Å². The van der Waals surface area contributed by atoms with Crippen LogP contribution in [0, 0.1) is 0 Å². The minimum absolute atomic E-state index is 0.183. The Labute approximate surface area is 223 Å². The van der Waals surface area contributed by atoms with Crippen molar-refractivity contribution in [2.75, 3.05) is 13.2 Å². The molecule has 2 atom stereocenters. The van der Waals surface area contributed by atoms with E-state index in [9.17, 15) is 64.3 Å². The van der Waals surface area contributed by atoms with E-state index in [1.54, 1.807) is 0 Å². The summed E-state index contributed by atoms with van der Waals surface area (Å²) in [6.45, 7) is -1.03. The number of esters is 2. The van der Waals surface area contributed by atoms with E-state index in [2.05, 4.69) is 19.1 Å². The molecule has 0 aromatic carbocycles. The Kier molecular flexibility index (Phi) is 10.4. The number of hydrogen-bond acceptors (Lipinski definition) is 18. The van der Waals surface area contributed by atoms with E-state index >= 15 is 0 Å². The number of amides is 4. The van der Waals surface area contributed by atoms with Crippen LogP contribution in [0.25, 0.3) is 0 Å². The Morgan fingerprint density at radius 1 is 0.625 bits per heavy atom. The van der Waals surface area contributed by atoms with E-state index in [1.165, 1.54) is 0 Å². The number of hydroxylamine groups is 4. The van der Waals surface area contributed by atoms with Crippen LogP contribution in [-0.2, 0) is 77.7 Å². The maximum absolute atomic E-state index is 11.7. The predicted octanol–water partition coefficient (Wildman–Crippen LogP) is -4.10. The molecule has 0 aliphatic carbocycles. The van der Waals surface area contributed by atoms with Crippen molar-refractivity contribution in [3.63, 3.8) is 0 Å². The van der Waals surface area contributed by atoms with Crippen LogP contribution in [0.5, 0.6) is 0 Å². The van der Waals surface area contributed by atoms with Gasteiger partial charge in [-0.25, -0.2) is 26.4 Å². The number of hydrogen-bond donors (Lipinski definition) is 0. The van der Waals surface area contributed by atoms with E-state index in [4.69, 9.17) is 0 Å². The molecule has 0 radical (unpaired) electrons. The highest BCUT2D eigenvalue weighted by Gasteiger charge is 2.46. The minimum Gasteiger partial charge on any atom is -0.747 e. The number of carbonyl (C=O) groups excluding carboxylic acids is 8. The summed E-state index contributed by atoms with van der Waals surface area (Å²) in [6.07, 6.45) is -4.74. The van der Waals surface area contributed by atoms with Crippen LogP contribution in [0.1, 0.15) is 38.5 Å². The van der Waals surface area contributed by atoms with Gasteiger partial charge in [-0.3, -0.25) is 28.8 Å². The van der Waals surface area contributed by atoms with Crippen molar-refractivity contribution in [2.24, 2.45) is 0 Å². The first-order valence-corrected chi connectivity index (χ1v) is 13.7. The quantitative estimate of drug-likeness (QED) is 0.0823. The second-order valence-electron chi connectivity index (χ2n) is 7.79. The molecule has 2 saturated heterocycles. The van der Waals surface area contributed by atoms with E-state index in [0.29, 0.717) is 0 Å². The van der Waals surface area contributed by atoms with Crippen LogP contribution in [0.3, 0.4) is 0 Å². The molecule has 222 valence electrons. The molecule has 0 aromatic rings. The number of nitrogens with zero attached hydrogens (tertiary/aromatic N) is 2. The minimum atomic E-state index is -5.16. The molecule has 2 rings (SSSR count). The van der Waals surface area contributed by atoms with E-state index in [-0.39, 0.29) is 10.1 Å². The first-order chi connectivity index (χ1) is 18.4. The lowest BCUT2D eigenvalue weighted by atomic mass is 10.3. The number of ether oxygens (including phenoxy) is 2. The highest BCUT2D eigenvalue weighted by Crippen LogP contribution is 2.21. The van der Waals surface area contributed by atoms with E-state index in [1.807, 2.05) is 0 Å². The molecule has 0 bridgehead atoms. The zero-order valence-electron chi connectivity index (χ0n) is 19.9. The van der Waals surface area contributed by atoms with E-state index in [0.717, 1.165) is 0 Å². The molecule has 22 heteroatoms. The summed E-state index contributed by atoms with van der Waals surface area (Å²) in [5, 5.41) is -4.83. The summed E-state index contributed by atoms with van der Waals surface area (Å²) in [4.78, 5) is 102. The van der Waals surface area contributed by atoms with Crippen LogP contribution in [-0.4, -0.2) is 107 Å². The number of rotatable bonds is 13. The third-order valence-electron chi connectivity index (χ3n) is 4.88. The van der Waals surface area contributed by atoms with Crippen molar-refractivity contribution >= 4 is 67.7 Å². The van der Waals surface area contributed by atoms with Crippen molar-refractivity contribution in [2.45, 2.75) is 49.0 Å². The second-order valence-corrected chi connectivity index (χ2v) is 10.9. The van der Waals surface area contributed by atoms with Crippen molar-refractivity contribution in [3.05, 3.63) is 0 Å². The van der Waals surface area contributed by atoms with Gasteiger partial charge in [0, 0.05) is 0 Å². The Hall–Kier alpha value is -4.02. The van der Waals surface area contributed by atoms with Gasteiger partial charge in [0.1, 0.15) is 43.9 Å². The molecule has 2 heterocycles. The molecule has 2 aliphatic heterocycles. The summed E-state index contributed by atoms with van der Waals surface area (Å²) in [5.41, 5.74) is 0. The molecule has 2 fully saturated rings. The van der Waals surface area contributed by atoms with Crippen LogP contribution in [0.2, 0.25) is 0 Å². The lowest BCUT2D eigenvalue weighted by molar-refractivity contribution is -0.197. The molecular weight excluding hydrogens is 596 g/mol. The fourth-order valence-electron chi connectivity index (χ4n) is 2.97. The van der Waals surface area contributed by atoms with Gasteiger partial charge in [-0.2, -0.15) is 0 Å². The maximum atomic E-state index is 11.7. The molecule has 0 saturated carbocycles. The molecule has 40 heavy (non-hydrogen) atoms. The van der Waals surface area contributed by atoms with Crippen molar-refractivity contribution in [1.29, 1.82) is 0 Å². The van der Waals surface area contributed by atoms with Crippen LogP contribution < -0.4 is 0 Å². The number of carbonyl (C=O) groups is 8. The molecule has 0 spiro atoms. The first-order valence-electron chi connectivity index (χ1n) is 10.8. The molecule has 20 nitrogen and oxygen atoms in total. The van der Waals surface area contributed by atoms with Gasteiger partial charge >= 0.3 is 23.9 Å². The highest BCUT2D eigenvalue weighted by molar-refractivity contribution is 7.87. The average Bonchev–Trinajstić information content (AvgIpc) is 3.29.